The fourth-order valence-corrected chi connectivity index (χ4v) is 4.13. The summed E-state index contributed by atoms with van der Waals surface area (Å²) in [6, 6.07) is 13.6. The van der Waals surface area contributed by atoms with Gasteiger partial charge >= 0.3 is 0 Å². The lowest BCUT2D eigenvalue weighted by atomic mass is 9.95. The van der Waals surface area contributed by atoms with Gasteiger partial charge in [0.2, 0.25) is 5.91 Å². The number of benzene rings is 2. The maximum Gasteiger partial charge on any atom is 0.261 e. The van der Waals surface area contributed by atoms with Crippen molar-refractivity contribution in [2.45, 2.75) is 78.4 Å². The van der Waals surface area contributed by atoms with E-state index < -0.39 is 6.04 Å². The van der Waals surface area contributed by atoms with E-state index in [0.29, 0.717) is 12.3 Å². The van der Waals surface area contributed by atoms with Crippen LogP contribution in [0.2, 0.25) is 0 Å². The van der Waals surface area contributed by atoms with Crippen LogP contribution >= 0.6 is 0 Å². The molecule has 172 valence electrons. The third-order valence-electron chi connectivity index (χ3n) is 6.29. The highest BCUT2D eigenvalue weighted by atomic mass is 16.5. The molecule has 0 bridgehead atoms. The lowest BCUT2D eigenvalue weighted by Gasteiger charge is -2.31. The maximum atomic E-state index is 13.2. The molecule has 2 amide bonds. The van der Waals surface area contributed by atoms with E-state index in [1.165, 1.54) is 6.42 Å². The number of carbonyl (C=O) groups is 2. The first-order valence-electron chi connectivity index (χ1n) is 11.7. The fraction of sp³-hybridized carbons (Fsp3) is 0.481. The minimum atomic E-state index is -0.576. The van der Waals surface area contributed by atoms with E-state index in [9.17, 15) is 9.59 Å². The number of carbonyl (C=O) groups excluding carboxylic acids is 2. The van der Waals surface area contributed by atoms with Crippen LogP contribution in [0.5, 0.6) is 5.75 Å². The molecular weight excluding hydrogens is 400 g/mol. The second-order valence-corrected chi connectivity index (χ2v) is 9.08. The van der Waals surface area contributed by atoms with Crippen molar-refractivity contribution in [1.82, 2.24) is 10.2 Å². The van der Waals surface area contributed by atoms with Crippen LogP contribution in [0, 0.1) is 20.8 Å². The summed E-state index contributed by atoms with van der Waals surface area (Å²) in [6.45, 7) is 8.07. The van der Waals surface area contributed by atoms with Crippen molar-refractivity contribution < 1.29 is 14.3 Å². The van der Waals surface area contributed by atoms with E-state index in [0.717, 1.165) is 47.9 Å². The number of amides is 2. The van der Waals surface area contributed by atoms with Crippen LogP contribution in [0.4, 0.5) is 0 Å². The van der Waals surface area contributed by atoms with Crippen LogP contribution in [0.25, 0.3) is 0 Å². The molecule has 0 saturated heterocycles. The Labute approximate surface area is 192 Å². The van der Waals surface area contributed by atoms with Gasteiger partial charge in [-0.15, -0.1) is 0 Å². The Morgan fingerprint density at radius 2 is 1.66 bits per heavy atom. The Morgan fingerprint density at radius 3 is 2.34 bits per heavy atom. The summed E-state index contributed by atoms with van der Waals surface area (Å²) < 4.78 is 5.87. The maximum absolute atomic E-state index is 13.2. The topological polar surface area (TPSA) is 58.6 Å². The lowest BCUT2D eigenvalue weighted by molar-refractivity contribution is -0.142. The van der Waals surface area contributed by atoms with Gasteiger partial charge in [0.1, 0.15) is 11.8 Å². The summed E-state index contributed by atoms with van der Waals surface area (Å²) in [5.74, 6) is 0.412. The largest absolute Gasteiger partial charge is 0.483 e. The number of aryl methyl sites for hydroxylation is 3. The average molecular weight is 437 g/mol. The molecule has 0 aromatic heterocycles. The average Bonchev–Trinajstić information content (AvgIpc) is 2.79. The Morgan fingerprint density at radius 1 is 1.00 bits per heavy atom. The number of nitrogens with one attached hydrogen (secondary N) is 1. The van der Waals surface area contributed by atoms with Gasteiger partial charge in [-0.25, -0.2) is 0 Å². The van der Waals surface area contributed by atoms with Gasteiger partial charge in [0.05, 0.1) is 0 Å². The van der Waals surface area contributed by atoms with Crippen LogP contribution < -0.4 is 10.1 Å². The van der Waals surface area contributed by atoms with E-state index in [4.69, 9.17) is 4.74 Å². The molecule has 0 spiro atoms. The Hall–Kier alpha value is -2.82. The molecule has 0 unspecified atom stereocenters. The molecule has 1 N–H and O–H groups in total. The molecular formula is C27H36N2O3. The summed E-state index contributed by atoms with van der Waals surface area (Å²) in [6.07, 6.45) is 5.56. The molecule has 5 heteroatoms. The Kier molecular flexibility index (Phi) is 8.32. The molecule has 1 atom stereocenters. The third kappa shape index (κ3) is 6.59. The smallest absolute Gasteiger partial charge is 0.261 e. The second-order valence-electron chi connectivity index (χ2n) is 9.08. The molecule has 5 nitrogen and oxygen atoms in total. The minimum Gasteiger partial charge on any atom is -0.483 e. The SMILES string of the molecule is Cc1ccc(CN(C(=O)COc2cc(C)ccc2C)[C@@H](C)C(=O)NC2CCCCC2)cc1. The first-order chi connectivity index (χ1) is 15.3. The third-order valence-corrected chi connectivity index (χ3v) is 6.29. The van der Waals surface area contributed by atoms with Crippen molar-refractivity contribution >= 4 is 11.8 Å². The van der Waals surface area contributed by atoms with Crippen LogP contribution in [-0.2, 0) is 16.1 Å². The highest BCUT2D eigenvalue weighted by Gasteiger charge is 2.28. The van der Waals surface area contributed by atoms with Crippen LogP contribution in [-0.4, -0.2) is 35.4 Å². The van der Waals surface area contributed by atoms with Gasteiger partial charge in [0.15, 0.2) is 6.61 Å². The first-order valence-corrected chi connectivity index (χ1v) is 11.7. The summed E-state index contributed by atoms with van der Waals surface area (Å²) >= 11 is 0. The number of hydrogen-bond acceptors (Lipinski definition) is 3. The Balaban J connectivity index is 1.72. The predicted octanol–water partition coefficient (Wildman–Crippen LogP) is 4.86. The molecule has 1 aliphatic carbocycles. The van der Waals surface area contributed by atoms with Crippen molar-refractivity contribution in [2.24, 2.45) is 0 Å². The van der Waals surface area contributed by atoms with E-state index in [2.05, 4.69) is 5.32 Å². The minimum absolute atomic E-state index is 0.0934. The van der Waals surface area contributed by atoms with Crippen molar-refractivity contribution in [3.63, 3.8) is 0 Å². The zero-order valence-electron chi connectivity index (χ0n) is 19.8. The first kappa shape index (κ1) is 23.8. The summed E-state index contributed by atoms with van der Waals surface area (Å²) in [7, 11) is 0. The molecule has 2 aromatic carbocycles. The summed E-state index contributed by atoms with van der Waals surface area (Å²) in [5, 5.41) is 3.17. The quantitative estimate of drug-likeness (QED) is 0.643. The molecule has 0 aliphatic heterocycles. The number of ether oxygens (including phenoxy) is 1. The van der Waals surface area contributed by atoms with Gasteiger partial charge < -0.3 is 15.0 Å². The molecule has 0 radical (unpaired) electrons. The standard InChI is InChI=1S/C27H36N2O3/c1-19-11-14-23(15-12-19)17-29(22(4)27(31)28-24-8-6-5-7-9-24)26(30)18-32-25-16-20(2)10-13-21(25)3/h10-16,22,24H,5-9,17-18H2,1-4H3,(H,28,31)/t22-/m0/s1. The summed E-state index contributed by atoms with van der Waals surface area (Å²) in [5.41, 5.74) is 4.22. The zero-order chi connectivity index (χ0) is 23.1. The fourth-order valence-electron chi connectivity index (χ4n) is 4.13. The van der Waals surface area contributed by atoms with Gasteiger partial charge in [-0.1, -0.05) is 61.2 Å². The van der Waals surface area contributed by atoms with Crippen LogP contribution in [0.15, 0.2) is 42.5 Å². The molecule has 0 heterocycles. The molecule has 2 aromatic rings. The molecule has 1 fully saturated rings. The van der Waals surface area contributed by atoms with Crippen molar-refractivity contribution in [1.29, 1.82) is 0 Å². The lowest BCUT2D eigenvalue weighted by Crippen LogP contribution is -2.51. The Bertz CT molecular complexity index is 917. The molecule has 1 saturated carbocycles. The highest BCUT2D eigenvalue weighted by Crippen LogP contribution is 2.20. The van der Waals surface area contributed by atoms with Gasteiger partial charge in [0.25, 0.3) is 5.91 Å². The van der Waals surface area contributed by atoms with Crippen LogP contribution in [0.1, 0.15) is 61.3 Å². The number of rotatable bonds is 8. The van der Waals surface area contributed by atoms with Crippen molar-refractivity contribution in [2.75, 3.05) is 6.61 Å². The number of hydrogen-bond donors (Lipinski definition) is 1. The predicted molar refractivity (Wildman–Crippen MR) is 128 cm³/mol. The zero-order valence-corrected chi connectivity index (χ0v) is 19.8. The second kappa shape index (κ2) is 11.2. The van der Waals surface area contributed by atoms with E-state index in [1.807, 2.05) is 70.2 Å². The summed E-state index contributed by atoms with van der Waals surface area (Å²) in [4.78, 5) is 27.9. The highest BCUT2D eigenvalue weighted by molar-refractivity contribution is 5.88. The molecule has 3 rings (SSSR count). The van der Waals surface area contributed by atoms with E-state index in [1.54, 1.807) is 4.90 Å². The van der Waals surface area contributed by atoms with Gasteiger partial charge in [-0.3, -0.25) is 9.59 Å². The van der Waals surface area contributed by atoms with Gasteiger partial charge in [0, 0.05) is 12.6 Å². The van der Waals surface area contributed by atoms with Gasteiger partial charge in [-0.2, -0.15) is 0 Å². The molecule has 32 heavy (non-hydrogen) atoms. The normalized spacial score (nSPS) is 15.1. The number of nitrogens with zero attached hydrogens (tertiary/aromatic N) is 1. The van der Waals surface area contributed by atoms with Gasteiger partial charge in [-0.05, 0) is 63.3 Å². The monoisotopic (exact) mass is 436 g/mol. The van der Waals surface area contributed by atoms with Crippen molar-refractivity contribution in [3.8, 4) is 5.75 Å². The van der Waals surface area contributed by atoms with Crippen LogP contribution in [0.3, 0.4) is 0 Å². The molecule has 1 aliphatic rings. The van der Waals surface area contributed by atoms with E-state index >= 15 is 0 Å². The van der Waals surface area contributed by atoms with Crippen molar-refractivity contribution in [3.05, 3.63) is 64.7 Å². The van der Waals surface area contributed by atoms with E-state index in [-0.39, 0.29) is 24.5 Å².